The summed E-state index contributed by atoms with van der Waals surface area (Å²) < 4.78 is 5.62. The van der Waals surface area contributed by atoms with Crippen molar-refractivity contribution in [2.75, 3.05) is 18.4 Å². The molecule has 2 unspecified atom stereocenters. The highest BCUT2D eigenvalue weighted by Gasteiger charge is 2.26. The highest BCUT2D eigenvalue weighted by Crippen LogP contribution is 2.21. The van der Waals surface area contributed by atoms with Gasteiger partial charge in [0.25, 0.3) is 0 Å². The number of amides is 2. The smallest absolute Gasteiger partial charge is 0.322 e. The van der Waals surface area contributed by atoms with Crippen molar-refractivity contribution < 1.29 is 9.53 Å². The highest BCUT2D eigenvalue weighted by atomic mass is 35.5. The van der Waals surface area contributed by atoms with Crippen LogP contribution in [0.25, 0.3) is 0 Å². The lowest BCUT2D eigenvalue weighted by Crippen LogP contribution is -2.49. The SMILES string of the molecule is Cc1ccc(Cl)cc1NC(=O)N1CC(C)OC(C)C1. The Morgan fingerprint density at radius 3 is 2.63 bits per heavy atom. The van der Waals surface area contributed by atoms with Gasteiger partial charge >= 0.3 is 6.03 Å². The Bertz CT molecular complexity index is 469. The van der Waals surface area contributed by atoms with Crippen LogP contribution in [0.5, 0.6) is 0 Å². The van der Waals surface area contributed by atoms with Gasteiger partial charge in [0.15, 0.2) is 0 Å². The third-order valence-corrected chi connectivity index (χ3v) is 3.38. The van der Waals surface area contributed by atoms with Crippen LogP contribution in [0.4, 0.5) is 10.5 Å². The molecular formula is C14H19ClN2O2. The largest absolute Gasteiger partial charge is 0.372 e. The first-order valence-corrected chi connectivity index (χ1v) is 6.81. The zero-order chi connectivity index (χ0) is 14.0. The molecule has 0 aliphatic carbocycles. The Hall–Kier alpha value is -1.26. The van der Waals surface area contributed by atoms with E-state index in [4.69, 9.17) is 16.3 Å². The van der Waals surface area contributed by atoms with Gasteiger partial charge in [-0.25, -0.2) is 4.79 Å². The highest BCUT2D eigenvalue weighted by molar-refractivity contribution is 6.31. The Kier molecular flexibility index (Phi) is 4.32. The quantitative estimate of drug-likeness (QED) is 0.859. The molecule has 1 aromatic rings. The van der Waals surface area contributed by atoms with E-state index in [-0.39, 0.29) is 18.2 Å². The third kappa shape index (κ3) is 3.61. The Morgan fingerprint density at radius 2 is 2.00 bits per heavy atom. The summed E-state index contributed by atoms with van der Waals surface area (Å²) in [7, 11) is 0. The normalized spacial score (nSPS) is 23.3. The van der Waals surface area contributed by atoms with Gasteiger partial charge in [-0.1, -0.05) is 17.7 Å². The lowest BCUT2D eigenvalue weighted by molar-refractivity contribution is -0.0530. The minimum atomic E-state index is -0.104. The van der Waals surface area contributed by atoms with Crippen LogP contribution in [0.15, 0.2) is 18.2 Å². The number of aryl methyl sites for hydroxylation is 1. The molecule has 0 bridgehead atoms. The summed E-state index contributed by atoms with van der Waals surface area (Å²) >= 11 is 5.95. The number of morpholine rings is 1. The molecule has 1 fully saturated rings. The number of ether oxygens (including phenoxy) is 1. The second kappa shape index (κ2) is 5.80. The first-order valence-electron chi connectivity index (χ1n) is 6.43. The molecule has 1 N–H and O–H groups in total. The van der Waals surface area contributed by atoms with Gasteiger partial charge in [-0.3, -0.25) is 0 Å². The summed E-state index contributed by atoms with van der Waals surface area (Å²) in [6.45, 7) is 7.10. The zero-order valence-electron chi connectivity index (χ0n) is 11.4. The summed E-state index contributed by atoms with van der Waals surface area (Å²) in [5.74, 6) is 0. The van der Waals surface area contributed by atoms with Gasteiger partial charge in [-0.2, -0.15) is 0 Å². The second-order valence-corrected chi connectivity index (χ2v) is 5.49. The molecule has 1 aliphatic rings. The number of carbonyl (C=O) groups is 1. The molecule has 1 heterocycles. The van der Waals surface area contributed by atoms with Crippen molar-refractivity contribution in [1.82, 2.24) is 4.90 Å². The van der Waals surface area contributed by atoms with Crippen molar-refractivity contribution in [2.45, 2.75) is 33.0 Å². The lowest BCUT2D eigenvalue weighted by atomic mass is 10.2. The summed E-state index contributed by atoms with van der Waals surface area (Å²) in [5.41, 5.74) is 1.75. The van der Waals surface area contributed by atoms with Gasteiger partial charge in [0, 0.05) is 23.8 Å². The third-order valence-electron chi connectivity index (χ3n) is 3.15. The Labute approximate surface area is 118 Å². The maximum atomic E-state index is 12.2. The van der Waals surface area contributed by atoms with Crippen LogP contribution in [0.2, 0.25) is 5.02 Å². The molecule has 0 radical (unpaired) electrons. The minimum Gasteiger partial charge on any atom is -0.372 e. The van der Waals surface area contributed by atoms with Crippen molar-refractivity contribution in [3.63, 3.8) is 0 Å². The summed E-state index contributed by atoms with van der Waals surface area (Å²) in [4.78, 5) is 14.0. The summed E-state index contributed by atoms with van der Waals surface area (Å²) in [6, 6.07) is 5.36. The van der Waals surface area contributed by atoms with Crippen molar-refractivity contribution in [2.24, 2.45) is 0 Å². The van der Waals surface area contributed by atoms with Gasteiger partial charge in [-0.05, 0) is 38.5 Å². The second-order valence-electron chi connectivity index (χ2n) is 5.05. The topological polar surface area (TPSA) is 41.6 Å². The van der Waals surface area contributed by atoms with Crippen LogP contribution in [0.3, 0.4) is 0 Å². The molecule has 0 saturated carbocycles. The average Bonchev–Trinajstić information content (AvgIpc) is 2.32. The van der Waals surface area contributed by atoms with Crippen molar-refractivity contribution >= 4 is 23.3 Å². The van der Waals surface area contributed by atoms with Crippen LogP contribution in [0, 0.1) is 6.92 Å². The Morgan fingerprint density at radius 1 is 1.37 bits per heavy atom. The van der Waals surface area contributed by atoms with E-state index in [9.17, 15) is 4.79 Å². The fourth-order valence-corrected chi connectivity index (χ4v) is 2.44. The van der Waals surface area contributed by atoms with E-state index in [1.165, 1.54) is 0 Å². The summed E-state index contributed by atoms with van der Waals surface area (Å²) in [5, 5.41) is 3.52. The van der Waals surface area contributed by atoms with E-state index >= 15 is 0 Å². The minimum absolute atomic E-state index is 0.0648. The molecule has 4 nitrogen and oxygen atoms in total. The van der Waals surface area contributed by atoms with Crippen LogP contribution < -0.4 is 5.32 Å². The van der Waals surface area contributed by atoms with E-state index in [1.807, 2.05) is 32.9 Å². The first-order chi connectivity index (χ1) is 8.95. The zero-order valence-corrected chi connectivity index (χ0v) is 12.2. The van der Waals surface area contributed by atoms with Gasteiger partial charge in [0.1, 0.15) is 0 Å². The van der Waals surface area contributed by atoms with Crippen LogP contribution in [-0.2, 0) is 4.74 Å². The number of nitrogens with zero attached hydrogens (tertiary/aromatic N) is 1. The van der Waals surface area contributed by atoms with E-state index in [1.54, 1.807) is 11.0 Å². The van der Waals surface area contributed by atoms with E-state index in [2.05, 4.69) is 5.32 Å². The van der Waals surface area contributed by atoms with E-state index < -0.39 is 0 Å². The number of urea groups is 1. The number of halogens is 1. The molecule has 5 heteroatoms. The van der Waals surface area contributed by atoms with Gasteiger partial charge in [0.05, 0.1) is 12.2 Å². The number of benzene rings is 1. The van der Waals surface area contributed by atoms with Crippen LogP contribution in [-0.4, -0.2) is 36.2 Å². The predicted octanol–water partition coefficient (Wildman–Crippen LogP) is 3.29. The monoisotopic (exact) mass is 282 g/mol. The maximum absolute atomic E-state index is 12.2. The fourth-order valence-electron chi connectivity index (χ4n) is 2.27. The van der Waals surface area contributed by atoms with Crippen molar-refractivity contribution in [1.29, 1.82) is 0 Å². The van der Waals surface area contributed by atoms with E-state index in [0.717, 1.165) is 11.3 Å². The van der Waals surface area contributed by atoms with Crippen molar-refractivity contribution in [3.8, 4) is 0 Å². The molecule has 2 rings (SSSR count). The molecule has 19 heavy (non-hydrogen) atoms. The molecule has 1 aromatic carbocycles. The molecule has 2 atom stereocenters. The van der Waals surface area contributed by atoms with Crippen molar-refractivity contribution in [3.05, 3.63) is 28.8 Å². The molecule has 0 aromatic heterocycles. The standard InChI is InChI=1S/C14H19ClN2O2/c1-9-4-5-12(15)6-13(9)16-14(18)17-7-10(2)19-11(3)8-17/h4-6,10-11H,7-8H2,1-3H3,(H,16,18). The first kappa shape index (κ1) is 14.2. The number of anilines is 1. The molecule has 2 amide bonds. The molecule has 0 spiro atoms. The lowest BCUT2D eigenvalue weighted by Gasteiger charge is -2.35. The van der Waals surface area contributed by atoms with Gasteiger partial charge in [0.2, 0.25) is 0 Å². The number of rotatable bonds is 1. The van der Waals surface area contributed by atoms with E-state index in [0.29, 0.717) is 18.1 Å². The number of nitrogens with one attached hydrogen (secondary N) is 1. The van der Waals surface area contributed by atoms with Crippen LogP contribution in [0.1, 0.15) is 19.4 Å². The van der Waals surface area contributed by atoms with Gasteiger partial charge in [-0.15, -0.1) is 0 Å². The molecular weight excluding hydrogens is 264 g/mol. The number of hydrogen-bond donors (Lipinski definition) is 1. The Balaban J connectivity index is 2.06. The average molecular weight is 283 g/mol. The number of hydrogen-bond acceptors (Lipinski definition) is 2. The van der Waals surface area contributed by atoms with Crippen LogP contribution >= 0.6 is 11.6 Å². The molecule has 1 aliphatic heterocycles. The maximum Gasteiger partial charge on any atom is 0.322 e. The predicted molar refractivity (Wildman–Crippen MR) is 76.8 cm³/mol. The number of carbonyl (C=O) groups excluding carboxylic acids is 1. The fraction of sp³-hybridized carbons (Fsp3) is 0.500. The van der Waals surface area contributed by atoms with Gasteiger partial charge < -0.3 is 15.0 Å². The molecule has 104 valence electrons. The summed E-state index contributed by atoms with van der Waals surface area (Å²) in [6.07, 6.45) is 0.130. The molecule has 1 saturated heterocycles.